The Kier molecular flexibility index (Phi) is 7.76. The first kappa shape index (κ1) is 23.3. The molecule has 1 fully saturated rings. The van der Waals surface area contributed by atoms with Gasteiger partial charge in [0.1, 0.15) is 6.04 Å². The van der Waals surface area contributed by atoms with Gasteiger partial charge in [0.05, 0.1) is 18.6 Å². The number of amides is 2. The number of hydrogen-bond donors (Lipinski definition) is 0. The average Bonchev–Trinajstić information content (AvgIpc) is 2.67. The maximum Gasteiger partial charge on any atom is 0.409 e. The first-order valence-corrected chi connectivity index (χ1v) is 11.8. The standard InChI is InChI=1S/C19H28ClN3O5S/c1-5-16(18(24)21-9-11-22(12-10-21)19(25)28-6-2)23(29(4,26)27)17-13-15(20)8-7-14(17)3/h7-8,13,16H,5-6,9-12H2,1-4H3. The van der Waals surface area contributed by atoms with Crippen molar-refractivity contribution in [3.05, 3.63) is 28.8 Å². The molecule has 2 rings (SSSR count). The fourth-order valence-electron chi connectivity index (χ4n) is 3.37. The van der Waals surface area contributed by atoms with Gasteiger partial charge in [-0.05, 0) is 38.0 Å². The molecule has 0 radical (unpaired) electrons. The van der Waals surface area contributed by atoms with Gasteiger partial charge < -0.3 is 14.5 Å². The molecule has 0 spiro atoms. The minimum atomic E-state index is -3.74. The molecule has 0 aliphatic carbocycles. The van der Waals surface area contributed by atoms with Crippen molar-refractivity contribution in [1.29, 1.82) is 0 Å². The van der Waals surface area contributed by atoms with Crippen LogP contribution >= 0.6 is 11.6 Å². The van der Waals surface area contributed by atoms with Gasteiger partial charge in [-0.2, -0.15) is 0 Å². The number of carbonyl (C=O) groups is 2. The summed E-state index contributed by atoms with van der Waals surface area (Å²) in [6.07, 6.45) is 0.983. The number of benzene rings is 1. The molecule has 0 bridgehead atoms. The average molecular weight is 446 g/mol. The van der Waals surface area contributed by atoms with Crippen molar-refractivity contribution in [2.24, 2.45) is 0 Å². The third-order valence-corrected chi connectivity index (χ3v) is 6.24. The summed E-state index contributed by atoms with van der Waals surface area (Å²) in [5, 5.41) is 0.393. The molecule has 2 amide bonds. The lowest BCUT2D eigenvalue weighted by molar-refractivity contribution is -0.134. The number of halogens is 1. The maximum absolute atomic E-state index is 13.2. The van der Waals surface area contributed by atoms with E-state index in [2.05, 4.69) is 0 Å². The van der Waals surface area contributed by atoms with Crippen LogP contribution in [0.4, 0.5) is 10.5 Å². The normalized spacial score (nSPS) is 15.8. The number of anilines is 1. The Bertz CT molecular complexity index is 853. The second-order valence-electron chi connectivity index (χ2n) is 6.92. The Balaban J connectivity index is 2.26. The molecular formula is C19H28ClN3O5S. The van der Waals surface area contributed by atoms with E-state index in [9.17, 15) is 18.0 Å². The lowest BCUT2D eigenvalue weighted by atomic mass is 10.1. The third-order valence-electron chi connectivity index (χ3n) is 4.84. The molecule has 1 heterocycles. The molecule has 1 aromatic rings. The molecule has 0 aromatic heterocycles. The number of aryl methyl sites for hydroxylation is 1. The Hall–Kier alpha value is -2.00. The Labute approximate surface area is 177 Å². The molecular weight excluding hydrogens is 418 g/mol. The van der Waals surface area contributed by atoms with Gasteiger partial charge in [-0.15, -0.1) is 0 Å². The predicted octanol–water partition coefficient (Wildman–Crippen LogP) is 2.49. The summed E-state index contributed by atoms with van der Waals surface area (Å²) in [6.45, 7) is 6.90. The van der Waals surface area contributed by atoms with Gasteiger partial charge in [0, 0.05) is 31.2 Å². The van der Waals surface area contributed by atoms with Crippen LogP contribution in [0.25, 0.3) is 0 Å². The first-order valence-electron chi connectivity index (χ1n) is 9.56. The van der Waals surface area contributed by atoms with E-state index in [-0.39, 0.29) is 12.5 Å². The van der Waals surface area contributed by atoms with Gasteiger partial charge in [0.2, 0.25) is 15.9 Å². The van der Waals surface area contributed by atoms with Crippen molar-refractivity contribution < 1.29 is 22.7 Å². The van der Waals surface area contributed by atoms with Crippen LogP contribution in [-0.4, -0.2) is 75.3 Å². The van der Waals surface area contributed by atoms with Crippen molar-refractivity contribution in [2.75, 3.05) is 43.3 Å². The molecule has 1 unspecified atom stereocenters. The topological polar surface area (TPSA) is 87.2 Å². The highest BCUT2D eigenvalue weighted by molar-refractivity contribution is 7.92. The smallest absolute Gasteiger partial charge is 0.409 e. The number of hydrogen-bond acceptors (Lipinski definition) is 5. The Morgan fingerprint density at radius 3 is 2.28 bits per heavy atom. The number of ether oxygens (including phenoxy) is 1. The summed E-state index contributed by atoms with van der Waals surface area (Å²) in [5.74, 6) is -0.291. The fourth-order valence-corrected chi connectivity index (χ4v) is 4.80. The maximum atomic E-state index is 13.2. The highest BCUT2D eigenvalue weighted by Crippen LogP contribution is 2.30. The van der Waals surface area contributed by atoms with Crippen LogP contribution in [0.2, 0.25) is 5.02 Å². The lowest BCUT2D eigenvalue weighted by Gasteiger charge is -2.38. The van der Waals surface area contributed by atoms with Crippen molar-refractivity contribution in [1.82, 2.24) is 9.80 Å². The van der Waals surface area contributed by atoms with E-state index in [0.29, 0.717) is 48.9 Å². The number of nitrogens with zero attached hydrogens (tertiary/aromatic N) is 3. The van der Waals surface area contributed by atoms with Crippen molar-refractivity contribution in [2.45, 2.75) is 33.2 Å². The van der Waals surface area contributed by atoms with E-state index < -0.39 is 22.2 Å². The molecule has 1 saturated heterocycles. The van der Waals surface area contributed by atoms with Gasteiger partial charge in [-0.1, -0.05) is 24.6 Å². The molecule has 1 aromatic carbocycles. The molecule has 8 nitrogen and oxygen atoms in total. The third kappa shape index (κ3) is 5.54. The minimum Gasteiger partial charge on any atom is -0.450 e. The Morgan fingerprint density at radius 2 is 1.76 bits per heavy atom. The van der Waals surface area contributed by atoms with E-state index in [1.54, 1.807) is 48.8 Å². The van der Waals surface area contributed by atoms with Gasteiger partial charge in [-0.25, -0.2) is 13.2 Å². The zero-order valence-electron chi connectivity index (χ0n) is 17.2. The molecule has 10 heteroatoms. The SMILES string of the molecule is CCOC(=O)N1CCN(C(=O)C(CC)N(c2cc(Cl)ccc2C)S(C)(=O)=O)CC1. The number of rotatable bonds is 6. The first-order chi connectivity index (χ1) is 13.6. The molecule has 1 atom stereocenters. The van der Waals surface area contributed by atoms with E-state index in [1.807, 2.05) is 0 Å². The van der Waals surface area contributed by atoms with E-state index in [4.69, 9.17) is 16.3 Å². The zero-order valence-corrected chi connectivity index (χ0v) is 18.8. The van der Waals surface area contributed by atoms with Crippen molar-refractivity contribution in [3.8, 4) is 0 Å². The number of sulfonamides is 1. The summed E-state index contributed by atoms with van der Waals surface area (Å²) >= 11 is 6.09. The molecule has 0 N–H and O–H groups in total. The van der Waals surface area contributed by atoms with E-state index in [0.717, 1.165) is 10.6 Å². The van der Waals surface area contributed by atoms with Crippen LogP contribution in [-0.2, 0) is 19.6 Å². The van der Waals surface area contributed by atoms with E-state index >= 15 is 0 Å². The summed E-state index contributed by atoms with van der Waals surface area (Å²) in [6, 6.07) is 4.08. The van der Waals surface area contributed by atoms with E-state index in [1.165, 1.54) is 0 Å². The van der Waals surface area contributed by atoms with Crippen LogP contribution in [0.3, 0.4) is 0 Å². The van der Waals surface area contributed by atoms with Gasteiger partial charge >= 0.3 is 6.09 Å². The molecule has 1 aliphatic heterocycles. The molecule has 1 aliphatic rings. The monoisotopic (exact) mass is 445 g/mol. The number of piperazine rings is 1. The lowest BCUT2D eigenvalue weighted by Crippen LogP contribution is -2.56. The van der Waals surface area contributed by atoms with Crippen molar-refractivity contribution in [3.63, 3.8) is 0 Å². The summed E-state index contributed by atoms with van der Waals surface area (Å²) in [7, 11) is -3.74. The zero-order chi connectivity index (χ0) is 21.8. The van der Waals surface area contributed by atoms with Gasteiger partial charge in [0.25, 0.3) is 0 Å². The van der Waals surface area contributed by atoms with Gasteiger partial charge in [0.15, 0.2) is 0 Å². The van der Waals surface area contributed by atoms with Crippen LogP contribution < -0.4 is 4.31 Å². The summed E-state index contributed by atoms with van der Waals surface area (Å²) < 4.78 is 31.4. The predicted molar refractivity (Wildman–Crippen MR) is 113 cm³/mol. The minimum absolute atomic E-state index is 0.290. The van der Waals surface area contributed by atoms with Crippen molar-refractivity contribution >= 4 is 39.3 Å². The second kappa shape index (κ2) is 9.67. The molecule has 0 saturated carbocycles. The fraction of sp³-hybridized carbons (Fsp3) is 0.579. The largest absolute Gasteiger partial charge is 0.450 e. The number of carbonyl (C=O) groups excluding carboxylic acids is 2. The van der Waals surface area contributed by atoms with Gasteiger partial charge in [-0.3, -0.25) is 9.10 Å². The molecule has 29 heavy (non-hydrogen) atoms. The van der Waals surface area contributed by atoms with Crippen LogP contribution in [0.5, 0.6) is 0 Å². The summed E-state index contributed by atoms with van der Waals surface area (Å²) in [5.41, 5.74) is 1.10. The quantitative estimate of drug-likeness (QED) is 0.671. The highest BCUT2D eigenvalue weighted by atomic mass is 35.5. The molecule has 162 valence electrons. The highest BCUT2D eigenvalue weighted by Gasteiger charge is 2.36. The van der Waals surface area contributed by atoms with Crippen LogP contribution in [0.1, 0.15) is 25.8 Å². The van der Waals surface area contributed by atoms with Crippen LogP contribution in [0.15, 0.2) is 18.2 Å². The Morgan fingerprint density at radius 1 is 1.17 bits per heavy atom. The second-order valence-corrected chi connectivity index (χ2v) is 9.22. The summed E-state index contributed by atoms with van der Waals surface area (Å²) in [4.78, 5) is 28.2. The van der Waals surface area contributed by atoms with Crippen LogP contribution in [0, 0.1) is 6.92 Å².